The first-order valence-corrected chi connectivity index (χ1v) is 7.36. The number of pyridine rings is 1. The van der Waals surface area contributed by atoms with Gasteiger partial charge in [-0.25, -0.2) is 26.9 Å². The number of halogens is 5. The maximum absolute atomic E-state index is 12.7. The SMILES string of the molecule is CNc1ncc(Br)cc1S(=O)(=O)NCC(F)(F)C(F)F. The van der Waals surface area contributed by atoms with Crippen molar-refractivity contribution in [3.8, 4) is 0 Å². The molecule has 5 nitrogen and oxygen atoms in total. The molecule has 0 saturated heterocycles. The molecule has 0 radical (unpaired) electrons. The molecule has 1 aromatic rings. The van der Waals surface area contributed by atoms with Crippen molar-refractivity contribution in [1.29, 1.82) is 0 Å². The van der Waals surface area contributed by atoms with E-state index >= 15 is 0 Å². The Morgan fingerprint density at radius 3 is 2.55 bits per heavy atom. The quantitative estimate of drug-likeness (QED) is 0.742. The molecule has 1 heterocycles. The zero-order chi connectivity index (χ0) is 15.6. The number of alkyl halides is 4. The number of rotatable bonds is 6. The second-order valence-corrected chi connectivity index (χ2v) is 6.29. The molecule has 2 N–H and O–H groups in total. The van der Waals surface area contributed by atoms with Gasteiger partial charge in [0.15, 0.2) is 0 Å². The van der Waals surface area contributed by atoms with E-state index in [1.165, 1.54) is 18.0 Å². The minimum atomic E-state index is -4.45. The molecule has 114 valence electrons. The van der Waals surface area contributed by atoms with E-state index in [2.05, 4.69) is 26.2 Å². The molecule has 1 rings (SSSR count). The van der Waals surface area contributed by atoms with Crippen molar-refractivity contribution in [1.82, 2.24) is 9.71 Å². The predicted octanol–water partition coefficient (Wildman–Crippen LogP) is 2.06. The van der Waals surface area contributed by atoms with Gasteiger partial charge in [-0.15, -0.1) is 0 Å². The van der Waals surface area contributed by atoms with Crippen LogP contribution in [0.15, 0.2) is 21.6 Å². The number of hydrogen-bond donors (Lipinski definition) is 2. The van der Waals surface area contributed by atoms with Crippen molar-refractivity contribution in [2.45, 2.75) is 17.2 Å². The molecule has 0 aliphatic carbocycles. The highest BCUT2D eigenvalue weighted by Gasteiger charge is 2.41. The van der Waals surface area contributed by atoms with Crippen molar-refractivity contribution >= 4 is 31.8 Å². The van der Waals surface area contributed by atoms with Gasteiger partial charge in [0.25, 0.3) is 0 Å². The first kappa shape index (κ1) is 17.1. The number of aromatic nitrogens is 1. The van der Waals surface area contributed by atoms with Crippen LogP contribution in [0.25, 0.3) is 0 Å². The van der Waals surface area contributed by atoms with Gasteiger partial charge in [0.2, 0.25) is 10.0 Å². The highest BCUT2D eigenvalue weighted by atomic mass is 79.9. The zero-order valence-corrected chi connectivity index (χ0v) is 12.4. The normalized spacial score (nSPS) is 12.8. The second-order valence-electron chi connectivity index (χ2n) is 3.64. The molecule has 0 saturated carbocycles. The fraction of sp³-hybridized carbons (Fsp3) is 0.444. The molecule has 0 spiro atoms. The maximum Gasteiger partial charge on any atom is 0.320 e. The summed E-state index contributed by atoms with van der Waals surface area (Å²) in [5, 5.41) is 2.46. The zero-order valence-electron chi connectivity index (χ0n) is 10.0. The number of nitrogens with one attached hydrogen (secondary N) is 2. The lowest BCUT2D eigenvalue weighted by Crippen LogP contribution is -2.41. The van der Waals surface area contributed by atoms with Gasteiger partial charge in [0.05, 0.1) is 6.54 Å². The van der Waals surface area contributed by atoms with Crippen LogP contribution >= 0.6 is 15.9 Å². The predicted molar refractivity (Wildman–Crippen MR) is 67.6 cm³/mol. The van der Waals surface area contributed by atoms with Crippen LogP contribution in [0.3, 0.4) is 0 Å². The highest BCUT2D eigenvalue weighted by Crippen LogP contribution is 2.25. The van der Waals surface area contributed by atoms with Gasteiger partial charge < -0.3 is 5.32 Å². The van der Waals surface area contributed by atoms with Crippen molar-refractivity contribution in [3.63, 3.8) is 0 Å². The summed E-state index contributed by atoms with van der Waals surface area (Å²) in [7, 11) is -3.03. The Labute approximate surface area is 121 Å². The fourth-order valence-electron chi connectivity index (χ4n) is 1.16. The van der Waals surface area contributed by atoms with E-state index < -0.39 is 33.8 Å². The molecule has 0 unspecified atom stereocenters. The summed E-state index contributed by atoms with van der Waals surface area (Å²) in [5.41, 5.74) is 0. The van der Waals surface area contributed by atoms with Crippen LogP contribution < -0.4 is 10.0 Å². The first-order chi connectivity index (χ1) is 9.10. The Hall–Kier alpha value is -0.940. The Morgan fingerprint density at radius 1 is 1.45 bits per heavy atom. The Bertz CT molecular complexity index is 583. The van der Waals surface area contributed by atoms with Crippen molar-refractivity contribution in [2.75, 3.05) is 18.9 Å². The summed E-state index contributed by atoms with van der Waals surface area (Å²) in [6.45, 7) is -1.71. The topological polar surface area (TPSA) is 71.1 Å². The summed E-state index contributed by atoms with van der Waals surface area (Å²) in [6.07, 6.45) is -2.67. The smallest absolute Gasteiger partial charge is 0.320 e. The van der Waals surface area contributed by atoms with E-state index in [-0.39, 0.29) is 10.3 Å². The number of nitrogens with zero attached hydrogens (tertiary/aromatic N) is 1. The molecule has 0 atom stereocenters. The molecule has 0 aromatic carbocycles. The van der Waals surface area contributed by atoms with Gasteiger partial charge in [-0.3, -0.25) is 0 Å². The average molecular weight is 380 g/mol. The summed E-state index contributed by atoms with van der Waals surface area (Å²) >= 11 is 2.98. The number of anilines is 1. The Morgan fingerprint density at radius 2 is 2.05 bits per heavy atom. The van der Waals surface area contributed by atoms with Gasteiger partial charge in [-0.05, 0) is 22.0 Å². The number of hydrogen-bond acceptors (Lipinski definition) is 4. The standard InChI is InChI=1S/C9H10BrF4N3O2S/c1-15-7-6(2-5(10)3-16-7)20(18,19)17-4-9(13,14)8(11)12/h2-3,8,17H,4H2,1H3,(H,15,16). The van der Waals surface area contributed by atoms with Crippen LogP contribution in [-0.2, 0) is 10.0 Å². The first-order valence-electron chi connectivity index (χ1n) is 5.09. The third kappa shape index (κ3) is 4.03. The molecule has 20 heavy (non-hydrogen) atoms. The van der Waals surface area contributed by atoms with Crippen LogP contribution in [0.4, 0.5) is 23.4 Å². The minimum absolute atomic E-state index is 0.0962. The monoisotopic (exact) mass is 379 g/mol. The highest BCUT2D eigenvalue weighted by molar-refractivity contribution is 9.10. The van der Waals surface area contributed by atoms with E-state index in [1.54, 1.807) is 0 Å². The molecular formula is C9H10BrF4N3O2S. The van der Waals surface area contributed by atoms with Crippen molar-refractivity contribution in [2.24, 2.45) is 0 Å². The lowest BCUT2D eigenvalue weighted by Gasteiger charge is -2.16. The van der Waals surface area contributed by atoms with Crippen LogP contribution in [-0.4, -0.2) is 39.3 Å². The van der Waals surface area contributed by atoms with Crippen LogP contribution in [0, 0.1) is 0 Å². The van der Waals surface area contributed by atoms with Gasteiger partial charge in [-0.2, -0.15) is 8.78 Å². The van der Waals surface area contributed by atoms with E-state index in [1.807, 2.05) is 0 Å². The van der Waals surface area contributed by atoms with E-state index in [0.29, 0.717) is 0 Å². The van der Waals surface area contributed by atoms with E-state index in [4.69, 9.17) is 0 Å². The van der Waals surface area contributed by atoms with Crippen molar-refractivity contribution in [3.05, 3.63) is 16.7 Å². The lowest BCUT2D eigenvalue weighted by molar-refractivity contribution is -0.122. The minimum Gasteiger partial charge on any atom is -0.372 e. The van der Waals surface area contributed by atoms with Gasteiger partial charge in [0.1, 0.15) is 10.7 Å². The van der Waals surface area contributed by atoms with E-state index in [9.17, 15) is 26.0 Å². The fourth-order valence-corrected chi connectivity index (χ4v) is 2.87. The van der Waals surface area contributed by atoms with Gasteiger partial charge >= 0.3 is 12.3 Å². The molecule has 11 heteroatoms. The molecule has 0 aliphatic rings. The van der Waals surface area contributed by atoms with Gasteiger partial charge in [0, 0.05) is 17.7 Å². The van der Waals surface area contributed by atoms with Crippen molar-refractivity contribution < 1.29 is 26.0 Å². The maximum atomic E-state index is 12.7. The molecular weight excluding hydrogens is 370 g/mol. The molecule has 1 aromatic heterocycles. The van der Waals surface area contributed by atoms with Crippen LogP contribution in [0.2, 0.25) is 0 Å². The summed E-state index contributed by atoms with van der Waals surface area (Å²) in [5.74, 6) is -4.55. The molecule has 0 amide bonds. The largest absolute Gasteiger partial charge is 0.372 e. The second kappa shape index (κ2) is 6.22. The lowest BCUT2D eigenvalue weighted by atomic mass is 10.4. The van der Waals surface area contributed by atoms with Crippen LogP contribution in [0.5, 0.6) is 0 Å². The Kier molecular flexibility index (Phi) is 5.33. The van der Waals surface area contributed by atoms with Gasteiger partial charge in [-0.1, -0.05) is 0 Å². The average Bonchev–Trinajstić information content (AvgIpc) is 2.36. The third-order valence-electron chi connectivity index (χ3n) is 2.16. The summed E-state index contributed by atoms with van der Waals surface area (Å²) in [4.78, 5) is 3.30. The van der Waals surface area contributed by atoms with E-state index in [0.717, 1.165) is 6.07 Å². The summed E-state index contributed by atoms with van der Waals surface area (Å²) in [6, 6.07) is 1.11. The Balaban J connectivity index is 3.03. The molecule has 0 bridgehead atoms. The molecule has 0 fully saturated rings. The third-order valence-corrected chi connectivity index (χ3v) is 4.01. The number of sulfonamides is 1. The molecule has 0 aliphatic heterocycles. The van der Waals surface area contributed by atoms with Crippen LogP contribution in [0.1, 0.15) is 0 Å². The summed E-state index contributed by atoms with van der Waals surface area (Å²) < 4.78 is 74.9.